The maximum absolute atomic E-state index is 2.25. The monoisotopic (exact) mass is 393 g/mol. The first-order valence-corrected chi connectivity index (χ1v) is 5.84. The molecule has 0 bridgehead atoms. The Hall–Kier alpha value is 0.150. The van der Waals surface area contributed by atoms with Gasteiger partial charge in [-0.3, -0.25) is 0 Å². The zero-order valence-electron chi connectivity index (χ0n) is 7.57. The standard InChI is InChI=1S/C11H9.2ClH.Hf/c1-2-6-10(7-3-1)11-8-4-5-9-11;;;/h1-4,6-8H,5H2;2*1H;. The van der Waals surface area contributed by atoms with Crippen LogP contribution in [0.3, 0.4) is 0 Å². The topological polar surface area (TPSA) is 0 Å². The van der Waals surface area contributed by atoms with Crippen LogP contribution in [0.5, 0.6) is 0 Å². The van der Waals surface area contributed by atoms with E-state index in [0.717, 1.165) is 0 Å². The number of halogens is 2. The van der Waals surface area contributed by atoms with Crippen molar-refractivity contribution in [1.82, 2.24) is 0 Å². The zero-order chi connectivity index (χ0) is 8.39. The summed E-state index contributed by atoms with van der Waals surface area (Å²) >= 11 is 1.19. The van der Waals surface area contributed by atoms with Crippen LogP contribution in [0.2, 0.25) is 0 Å². The van der Waals surface area contributed by atoms with E-state index in [1.54, 1.807) is 3.33 Å². The summed E-state index contributed by atoms with van der Waals surface area (Å²) in [4.78, 5) is 0. The Bertz CT molecular complexity index is 342. The van der Waals surface area contributed by atoms with Gasteiger partial charge in [-0.25, -0.2) is 0 Å². The van der Waals surface area contributed by atoms with Crippen molar-refractivity contribution >= 4 is 30.4 Å². The third-order valence-corrected chi connectivity index (χ3v) is 3.72. The molecule has 0 aliphatic heterocycles. The van der Waals surface area contributed by atoms with Crippen LogP contribution in [0.1, 0.15) is 12.0 Å². The molecule has 0 aromatic heterocycles. The van der Waals surface area contributed by atoms with E-state index in [-0.39, 0.29) is 24.8 Å². The van der Waals surface area contributed by atoms with Crippen LogP contribution in [0, 0.1) is 0 Å². The summed E-state index contributed by atoms with van der Waals surface area (Å²) in [5, 5.41) is 0. The average Bonchev–Trinajstić information content (AvgIpc) is 2.53. The van der Waals surface area contributed by atoms with Gasteiger partial charge in [0.25, 0.3) is 0 Å². The predicted octanol–water partition coefficient (Wildman–Crippen LogP) is 3.75. The summed E-state index contributed by atoms with van der Waals surface area (Å²) in [7, 11) is 0. The second-order valence-electron chi connectivity index (χ2n) is 2.86. The van der Waals surface area contributed by atoms with E-state index in [1.165, 1.54) is 41.9 Å². The molecule has 1 aliphatic carbocycles. The molecular weight excluding hydrogens is 382 g/mol. The molecule has 0 saturated heterocycles. The fourth-order valence-electron chi connectivity index (χ4n) is 1.39. The van der Waals surface area contributed by atoms with Crippen LogP contribution in [0.4, 0.5) is 0 Å². The molecule has 1 aromatic rings. The fraction of sp³-hybridized carbons (Fsp3) is 0.0909. The van der Waals surface area contributed by atoms with Crippen molar-refractivity contribution in [3.8, 4) is 0 Å². The maximum atomic E-state index is 2.25. The summed E-state index contributed by atoms with van der Waals surface area (Å²) in [6.07, 6.45) is 5.68. The Morgan fingerprint density at radius 2 is 1.64 bits per heavy atom. The van der Waals surface area contributed by atoms with E-state index in [0.29, 0.717) is 0 Å². The van der Waals surface area contributed by atoms with Gasteiger partial charge in [0.15, 0.2) is 0 Å². The molecular formula is C11H11Cl2Hf. The zero-order valence-corrected chi connectivity index (χ0v) is 12.8. The molecule has 0 atom stereocenters. The van der Waals surface area contributed by atoms with Crippen molar-refractivity contribution < 1.29 is 24.4 Å². The Kier molecular flexibility index (Phi) is 6.67. The molecule has 0 fully saturated rings. The van der Waals surface area contributed by atoms with Gasteiger partial charge in [0.2, 0.25) is 0 Å². The normalized spacial score (nSPS) is 13.4. The van der Waals surface area contributed by atoms with Gasteiger partial charge in [-0.2, -0.15) is 0 Å². The van der Waals surface area contributed by atoms with Crippen molar-refractivity contribution in [2.75, 3.05) is 0 Å². The molecule has 0 amide bonds. The number of benzene rings is 1. The van der Waals surface area contributed by atoms with Gasteiger partial charge in [-0.1, -0.05) is 0 Å². The second-order valence-corrected chi connectivity index (χ2v) is 5.03. The Morgan fingerprint density at radius 1 is 1.00 bits per heavy atom. The molecule has 1 aliphatic rings. The van der Waals surface area contributed by atoms with Gasteiger partial charge in [0, 0.05) is 0 Å². The predicted molar refractivity (Wildman–Crippen MR) is 61.6 cm³/mol. The van der Waals surface area contributed by atoms with Gasteiger partial charge in [-0.05, 0) is 0 Å². The molecule has 3 heteroatoms. The van der Waals surface area contributed by atoms with E-state index in [2.05, 4.69) is 42.5 Å². The number of rotatable bonds is 1. The minimum atomic E-state index is 0. The first kappa shape index (κ1) is 14.2. The van der Waals surface area contributed by atoms with E-state index in [4.69, 9.17) is 0 Å². The van der Waals surface area contributed by atoms with Crippen LogP contribution in [-0.2, 0) is 24.4 Å². The van der Waals surface area contributed by atoms with Crippen molar-refractivity contribution in [2.24, 2.45) is 0 Å². The van der Waals surface area contributed by atoms with Crippen molar-refractivity contribution in [1.29, 1.82) is 0 Å². The molecule has 0 saturated carbocycles. The van der Waals surface area contributed by atoms with Gasteiger partial charge < -0.3 is 0 Å². The Labute approximate surface area is 112 Å². The quantitative estimate of drug-likeness (QED) is 0.639. The third kappa shape index (κ3) is 3.08. The molecule has 1 aromatic carbocycles. The van der Waals surface area contributed by atoms with Gasteiger partial charge in [0.1, 0.15) is 0 Å². The Morgan fingerprint density at radius 3 is 2.14 bits per heavy atom. The van der Waals surface area contributed by atoms with Crippen molar-refractivity contribution in [3.63, 3.8) is 0 Å². The first-order valence-electron chi connectivity index (χ1n) is 4.04. The second kappa shape index (κ2) is 6.60. The molecule has 0 unspecified atom stereocenters. The number of hydrogen-bond donors (Lipinski definition) is 0. The fourth-order valence-corrected chi connectivity index (χ4v) is 2.63. The van der Waals surface area contributed by atoms with Crippen LogP contribution in [-0.4, -0.2) is 0 Å². The first-order chi connectivity index (χ1) is 5.88. The summed E-state index contributed by atoms with van der Waals surface area (Å²) in [5.41, 5.74) is 2.83. The number of hydrogen-bond acceptors (Lipinski definition) is 0. The van der Waals surface area contributed by atoms with Gasteiger partial charge in [-0.15, -0.1) is 24.8 Å². The molecule has 0 N–H and O–H groups in total. The molecule has 14 heavy (non-hydrogen) atoms. The van der Waals surface area contributed by atoms with Crippen LogP contribution >= 0.6 is 24.8 Å². The van der Waals surface area contributed by atoms with Crippen LogP contribution in [0.15, 0.2) is 45.8 Å². The van der Waals surface area contributed by atoms with E-state index in [9.17, 15) is 0 Å². The average molecular weight is 393 g/mol. The molecule has 73 valence electrons. The van der Waals surface area contributed by atoms with E-state index in [1.807, 2.05) is 0 Å². The summed E-state index contributed by atoms with van der Waals surface area (Å²) in [5.74, 6) is 0. The Balaban J connectivity index is 0.000000845. The third-order valence-electron chi connectivity index (χ3n) is 2.02. The number of allylic oxidation sites excluding steroid dienone is 4. The molecule has 2 rings (SSSR count). The van der Waals surface area contributed by atoms with Gasteiger partial charge >= 0.3 is 87.7 Å². The van der Waals surface area contributed by atoms with E-state index >= 15 is 0 Å². The molecule has 0 radical (unpaired) electrons. The van der Waals surface area contributed by atoms with Gasteiger partial charge in [0.05, 0.1) is 0 Å². The molecule has 0 spiro atoms. The SMILES string of the molecule is Cl.Cl.[Hf][C]1=C(c2ccccc2)C=CC1. The van der Waals surface area contributed by atoms with Crippen LogP contribution in [0.25, 0.3) is 5.57 Å². The molecule has 0 nitrogen and oxygen atoms in total. The summed E-state index contributed by atoms with van der Waals surface area (Å²) < 4.78 is 1.61. The van der Waals surface area contributed by atoms with Crippen molar-refractivity contribution in [3.05, 3.63) is 51.4 Å². The summed E-state index contributed by atoms with van der Waals surface area (Å²) in [6, 6.07) is 10.6. The van der Waals surface area contributed by atoms with Crippen LogP contribution < -0.4 is 0 Å². The molecule has 0 heterocycles. The minimum absolute atomic E-state index is 0. The van der Waals surface area contributed by atoms with Crippen molar-refractivity contribution in [2.45, 2.75) is 6.42 Å². The summed E-state index contributed by atoms with van der Waals surface area (Å²) in [6.45, 7) is 0. The van der Waals surface area contributed by atoms with E-state index < -0.39 is 0 Å².